The Balaban J connectivity index is 1.56. The van der Waals surface area contributed by atoms with Gasteiger partial charge in [0.25, 0.3) is 0 Å². The molecule has 1 aliphatic heterocycles. The number of carbonyl (C=O) groups excluding carboxylic acids is 1. The number of nitrogens with one attached hydrogen (secondary N) is 1. The summed E-state index contributed by atoms with van der Waals surface area (Å²) in [6.45, 7) is 0.606. The van der Waals surface area contributed by atoms with Gasteiger partial charge in [-0.15, -0.1) is 0 Å². The van der Waals surface area contributed by atoms with Crippen molar-refractivity contribution < 1.29 is 17.6 Å². The van der Waals surface area contributed by atoms with Crippen molar-refractivity contribution in [3.05, 3.63) is 64.9 Å². The maximum absolute atomic E-state index is 13.2. The van der Waals surface area contributed by atoms with Crippen LogP contribution in [0.1, 0.15) is 18.4 Å². The molecule has 2 aromatic carbocycles. The van der Waals surface area contributed by atoms with E-state index < -0.39 is 15.8 Å². The van der Waals surface area contributed by atoms with Gasteiger partial charge in [-0.05, 0) is 36.6 Å². The highest BCUT2D eigenvalue weighted by molar-refractivity contribution is 7.88. The summed E-state index contributed by atoms with van der Waals surface area (Å²) in [6.07, 6.45) is 0.879. The molecule has 0 aromatic heterocycles. The molecule has 1 amide bonds. The molecule has 1 heterocycles. The molecule has 3 rings (SSSR count). The number of anilines is 1. The predicted molar refractivity (Wildman–Crippen MR) is 103 cm³/mol. The highest BCUT2D eigenvalue weighted by Gasteiger charge is 2.31. The molecule has 1 fully saturated rings. The highest BCUT2D eigenvalue weighted by atomic mass is 35.5. The van der Waals surface area contributed by atoms with Crippen molar-refractivity contribution in [2.75, 3.05) is 18.4 Å². The van der Waals surface area contributed by atoms with Crippen LogP contribution < -0.4 is 5.32 Å². The van der Waals surface area contributed by atoms with Crippen LogP contribution in [-0.4, -0.2) is 31.7 Å². The molecule has 0 unspecified atom stereocenters. The Kier molecular flexibility index (Phi) is 6.14. The van der Waals surface area contributed by atoms with E-state index in [0.717, 1.165) is 5.56 Å². The highest BCUT2D eigenvalue weighted by Crippen LogP contribution is 2.24. The Morgan fingerprint density at radius 3 is 2.44 bits per heavy atom. The van der Waals surface area contributed by atoms with Crippen molar-refractivity contribution in [1.82, 2.24) is 4.31 Å². The van der Waals surface area contributed by atoms with E-state index in [4.69, 9.17) is 11.6 Å². The zero-order chi connectivity index (χ0) is 19.4. The molecular formula is C19H20ClFN2O3S. The lowest BCUT2D eigenvalue weighted by Gasteiger charge is -2.30. The largest absolute Gasteiger partial charge is 0.326 e. The minimum Gasteiger partial charge on any atom is -0.326 e. The van der Waals surface area contributed by atoms with Crippen LogP contribution in [-0.2, 0) is 20.6 Å². The zero-order valence-corrected chi connectivity index (χ0v) is 16.1. The number of carbonyl (C=O) groups is 1. The molecule has 0 atom stereocenters. The summed E-state index contributed by atoms with van der Waals surface area (Å²) in [5.74, 6) is -1.10. The van der Waals surface area contributed by atoms with Crippen LogP contribution in [0.2, 0.25) is 5.02 Å². The van der Waals surface area contributed by atoms with E-state index in [1.54, 1.807) is 12.1 Å². The number of benzene rings is 2. The Hall–Kier alpha value is -1.96. The van der Waals surface area contributed by atoms with E-state index in [2.05, 4.69) is 5.32 Å². The molecule has 27 heavy (non-hydrogen) atoms. The van der Waals surface area contributed by atoms with Crippen LogP contribution in [0.5, 0.6) is 0 Å². The average Bonchev–Trinajstić information content (AvgIpc) is 2.65. The monoisotopic (exact) mass is 410 g/mol. The number of rotatable bonds is 5. The van der Waals surface area contributed by atoms with Gasteiger partial charge >= 0.3 is 0 Å². The summed E-state index contributed by atoms with van der Waals surface area (Å²) < 4.78 is 39.8. The fourth-order valence-electron chi connectivity index (χ4n) is 3.09. The molecule has 0 aliphatic carbocycles. The van der Waals surface area contributed by atoms with Crippen LogP contribution in [0.25, 0.3) is 0 Å². The van der Waals surface area contributed by atoms with E-state index in [1.807, 2.05) is 18.2 Å². The van der Waals surface area contributed by atoms with Gasteiger partial charge in [0.15, 0.2) is 0 Å². The fraction of sp³-hybridized carbons (Fsp3) is 0.316. The van der Waals surface area contributed by atoms with Crippen molar-refractivity contribution in [2.45, 2.75) is 18.6 Å². The first-order valence-corrected chi connectivity index (χ1v) is 10.6. The van der Waals surface area contributed by atoms with E-state index in [1.165, 1.54) is 22.5 Å². The molecule has 5 nitrogen and oxygen atoms in total. The normalized spacial score (nSPS) is 16.2. The third-order valence-corrected chi connectivity index (χ3v) is 6.74. The summed E-state index contributed by atoms with van der Waals surface area (Å²) >= 11 is 5.72. The minimum atomic E-state index is -3.41. The van der Waals surface area contributed by atoms with Gasteiger partial charge in [0.1, 0.15) is 5.82 Å². The molecule has 1 saturated heterocycles. The molecule has 0 saturated carbocycles. The lowest BCUT2D eigenvalue weighted by atomic mass is 9.97. The third-order valence-electron chi connectivity index (χ3n) is 4.60. The van der Waals surface area contributed by atoms with Crippen molar-refractivity contribution in [3.63, 3.8) is 0 Å². The molecule has 0 spiro atoms. The Morgan fingerprint density at radius 2 is 1.81 bits per heavy atom. The number of halogens is 2. The van der Waals surface area contributed by atoms with Crippen molar-refractivity contribution in [3.8, 4) is 0 Å². The number of hydrogen-bond donors (Lipinski definition) is 1. The predicted octanol–water partition coefficient (Wildman–Crippen LogP) is 3.66. The maximum Gasteiger partial charge on any atom is 0.227 e. The van der Waals surface area contributed by atoms with E-state index in [0.29, 0.717) is 31.6 Å². The first-order valence-electron chi connectivity index (χ1n) is 8.63. The Labute approximate surface area is 163 Å². The van der Waals surface area contributed by atoms with Crippen LogP contribution in [0, 0.1) is 11.7 Å². The van der Waals surface area contributed by atoms with Gasteiger partial charge in [0.2, 0.25) is 15.9 Å². The van der Waals surface area contributed by atoms with Gasteiger partial charge in [-0.3, -0.25) is 4.79 Å². The van der Waals surface area contributed by atoms with Crippen molar-refractivity contribution in [2.24, 2.45) is 5.92 Å². The second-order valence-electron chi connectivity index (χ2n) is 6.53. The van der Waals surface area contributed by atoms with E-state index in [9.17, 15) is 17.6 Å². The number of sulfonamides is 1. The number of nitrogens with zero attached hydrogens (tertiary/aromatic N) is 1. The lowest BCUT2D eigenvalue weighted by Crippen LogP contribution is -2.41. The molecule has 2 aromatic rings. The number of hydrogen-bond acceptors (Lipinski definition) is 3. The van der Waals surface area contributed by atoms with E-state index >= 15 is 0 Å². The van der Waals surface area contributed by atoms with Crippen molar-refractivity contribution >= 4 is 33.2 Å². The standard InChI is InChI=1S/C19H20ClFN2O3S/c20-17-12-16(6-7-18(17)21)22-19(24)15-8-10-23(11-9-15)27(25,26)13-14-4-2-1-3-5-14/h1-7,12,15H,8-11,13H2,(H,22,24). The summed E-state index contributed by atoms with van der Waals surface area (Å²) in [7, 11) is -3.41. The van der Waals surface area contributed by atoms with Gasteiger partial charge < -0.3 is 5.32 Å². The molecule has 1 N–H and O–H groups in total. The first kappa shape index (κ1) is 19.8. The minimum absolute atomic E-state index is 0.0429. The van der Waals surface area contributed by atoms with Crippen LogP contribution in [0.3, 0.4) is 0 Å². The topological polar surface area (TPSA) is 66.5 Å². The van der Waals surface area contributed by atoms with Crippen LogP contribution in [0.15, 0.2) is 48.5 Å². The van der Waals surface area contributed by atoms with E-state index in [-0.39, 0.29) is 22.6 Å². The van der Waals surface area contributed by atoms with Gasteiger partial charge in [0, 0.05) is 24.7 Å². The lowest BCUT2D eigenvalue weighted by molar-refractivity contribution is -0.120. The maximum atomic E-state index is 13.2. The summed E-state index contributed by atoms with van der Waals surface area (Å²) in [5.41, 5.74) is 1.16. The summed E-state index contributed by atoms with van der Waals surface area (Å²) in [5, 5.41) is 2.65. The zero-order valence-electron chi connectivity index (χ0n) is 14.6. The third kappa shape index (κ3) is 5.06. The van der Waals surface area contributed by atoms with Gasteiger partial charge in [-0.2, -0.15) is 0 Å². The Morgan fingerprint density at radius 1 is 1.15 bits per heavy atom. The van der Waals surface area contributed by atoms with Crippen molar-refractivity contribution in [1.29, 1.82) is 0 Å². The first-order chi connectivity index (χ1) is 12.8. The molecule has 144 valence electrons. The number of amides is 1. The smallest absolute Gasteiger partial charge is 0.227 e. The van der Waals surface area contributed by atoms with Crippen LogP contribution in [0.4, 0.5) is 10.1 Å². The van der Waals surface area contributed by atoms with Gasteiger partial charge in [-0.1, -0.05) is 41.9 Å². The number of piperidine rings is 1. The SMILES string of the molecule is O=C(Nc1ccc(F)c(Cl)c1)C1CCN(S(=O)(=O)Cc2ccccc2)CC1. The fourth-order valence-corrected chi connectivity index (χ4v) is 4.83. The average molecular weight is 411 g/mol. The summed E-state index contributed by atoms with van der Waals surface area (Å²) in [6, 6.07) is 13.0. The second-order valence-corrected chi connectivity index (χ2v) is 8.91. The molecule has 1 aliphatic rings. The van der Waals surface area contributed by atoms with Gasteiger partial charge in [0.05, 0.1) is 10.8 Å². The van der Waals surface area contributed by atoms with Crippen LogP contribution >= 0.6 is 11.6 Å². The molecule has 8 heteroatoms. The van der Waals surface area contributed by atoms with Gasteiger partial charge in [-0.25, -0.2) is 17.1 Å². The summed E-state index contributed by atoms with van der Waals surface area (Å²) in [4.78, 5) is 12.4. The molecule has 0 radical (unpaired) electrons. The second kappa shape index (κ2) is 8.37. The molecule has 0 bridgehead atoms. The quantitative estimate of drug-likeness (QED) is 0.818. The molecular weight excluding hydrogens is 391 g/mol. The Bertz CT molecular complexity index is 914.